The lowest BCUT2D eigenvalue weighted by molar-refractivity contribution is 0.319. The Bertz CT molecular complexity index is 1860. The van der Waals surface area contributed by atoms with Gasteiger partial charge in [0, 0.05) is 33.5 Å². The van der Waals surface area contributed by atoms with Crippen LogP contribution in [0.3, 0.4) is 0 Å². The number of hydrogen-bond donors (Lipinski definition) is 1. The van der Waals surface area contributed by atoms with Crippen LogP contribution in [0.5, 0.6) is 11.5 Å². The molecule has 0 aliphatic carbocycles. The molecule has 0 saturated heterocycles. The highest BCUT2D eigenvalue weighted by atomic mass is 32.2. The molecule has 9 heteroatoms. The Hall–Kier alpha value is -5.15. The fourth-order valence-corrected chi connectivity index (χ4v) is 5.62. The van der Waals surface area contributed by atoms with Gasteiger partial charge in [0.25, 0.3) is 0 Å². The van der Waals surface area contributed by atoms with Gasteiger partial charge in [-0.2, -0.15) is 0 Å². The molecule has 6 aromatic rings. The fraction of sp³-hybridized carbons (Fsp3) is 0.0909. The van der Waals surface area contributed by atoms with E-state index in [1.54, 1.807) is 14.2 Å². The summed E-state index contributed by atoms with van der Waals surface area (Å²) in [5, 5.41) is 24.2. The van der Waals surface area contributed by atoms with Crippen LogP contribution in [-0.2, 0) is 0 Å². The van der Waals surface area contributed by atoms with Crippen LogP contribution >= 0.6 is 11.8 Å². The Balaban J connectivity index is 1.51. The molecule has 4 aromatic carbocycles. The van der Waals surface area contributed by atoms with E-state index in [2.05, 4.69) is 10.3 Å². The van der Waals surface area contributed by atoms with Crippen molar-refractivity contribution in [3.63, 3.8) is 0 Å². The number of para-hydroxylation sites is 1. The number of thioether (sulfide) groups is 1. The van der Waals surface area contributed by atoms with Crippen molar-refractivity contribution in [3.05, 3.63) is 115 Å². The molecule has 0 aliphatic rings. The number of oxime groups is 1. The van der Waals surface area contributed by atoms with Gasteiger partial charge in [-0.15, -0.1) is 10.2 Å². The van der Waals surface area contributed by atoms with Crippen molar-refractivity contribution >= 4 is 28.4 Å². The van der Waals surface area contributed by atoms with E-state index in [4.69, 9.17) is 19.6 Å². The van der Waals surface area contributed by atoms with Crippen LogP contribution in [0.2, 0.25) is 0 Å². The van der Waals surface area contributed by atoms with Gasteiger partial charge in [0.2, 0.25) is 0 Å². The first kappa shape index (κ1) is 27.0. The Kier molecular flexibility index (Phi) is 7.83. The van der Waals surface area contributed by atoms with Crippen molar-refractivity contribution in [3.8, 4) is 39.8 Å². The summed E-state index contributed by atoms with van der Waals surface area (Å²) in [5.74, 6) is 2.54. The highest BCUT2D eigenvalue weighted by molar-refractivity contribution is 7.99. The average molecular weight is 574 g/mol. The number of hydrogen-bond acceptors (Lipinski definition) is 8. The third kappa shape index (κ3) is 5.42. The maximum atomic E-state index is 9.77. The summed E-state index contributed by atoms with van der Waals surface area (Å²) in [6, 6.07) is 35.2. The van der Waals surface area contributed by atoms with Crippen LogP contribution in [0, 0.1) is 0 Å². The van der Waals surface area contributed by atoms with E-state index in [9.17, 15) is 5.21 Å². The smallest absolute Gasteiger partial charge is 0.196 e. The Morgan fingerprint density at radius 1 is 0.810 bits per heavy atom. The normalized spacial score (nSPS) is 11.5. The monoisotopic (exact) mass is 573 g/mol. The molecule has 2 aromatic heterocycles. The van der Waals surface area contributed by atoms with Gasteiger partial charge in [-0.05, 0) is 60.7 Å². The van der Waals surface area contributed by atoms with Gasteiger partial charge in [0.15, 0.2) is 11.0 Å². The number of fused-ring (bicyclic) bond motifs is 1. The van der Waals surface area contributed by atoms with Gasteiger partial charge in [0.1, 0.15) is 11.5 Å². The maximum Gasteiger partial charge on any atom is 0.196 e. The summed E-state index contributed by atoms with van der Waals surface area (Å²) in [4.78, 5) is 4.97. The van der Waals surface area contributed by atoms with Gasteiger partial charge in [-0.1, -0.05) is 65.4 Å². The first-order valence-electron chi connectivity index (χ1n) is 13.2. The second kappa shape index (κ2) is 12.2. The van der Waals surface area contributed by atoms with Crippen molar-refractivity contribution in [1.82, 2.24) is 19.7 Å². The largest absolute Gasteiger partial charge is 0.497 e. The molecule has 1 N–H and O–H groups in total. The van der Waals surface area contributed by atoms with Crippen molar-refractivity contribution in [2.45, 2.75) is 5.16 Å². The number of ether oxygens (including phenoxy) is 2. The van der Waals surface area contributed by atoms with E-state index >= 15 is 0 Å². The zero-order chi connectivity index (χ0) is 28.9. The second-order valence-corrected chi connectivity index (χ2v) is 10.3. The summed E-state index contributed by atoms with van der Waals surface area (Å²) in [6.07, 6.45) is 0. The third-order valence-electron chi connectivity index (χ3n) is 6.86. The van der Waals surface area contributed by atoms with Crippen LogP contribution in [0.15, 0.2) is 120 Å². The van der Waals surface area contributed by atoms with Crippen LogP contribution < -0.4 is 9.47 Å². The summed E-state index contributed by atoms with van der Waals surface area (Å²) in [7, 11) is 3.30. The van der Waals surface area contributed by atoms with E-state index in [0.29, 0.717) is 22.4 Å². The molecule has 0 bridgehead atoms. The minimum absolute atomic E-state index is 0.396. The van der Waals surface area contributed by atoms with Gasteiger partial charge < -0.3 is 14.7 Å². The quantitative estimate of drug-likeness (QED) is 0.0850. The molecule has 0 amide bonds. The molecule has 8 nitrogen and oxygen atoms in total. The lowest BCUT2D eigenvalue weighted by Crippen LogP contribution is -2.06. The van der Waals surface area contributed by atoms with Crippen molar-refractivity contribution in [1.29, 1.82) is 0 Å². The number of nitrogens with zero attached hydrogens (tertiary/aromatic N) is 5. The number of benzene rings is 4. The number of aromatic nitrogens is 4. The Morgan fingerprint density at radius 2 is 1.50 bits per heavy atom. The Labute approximate surface area is 247 Å². The summed E-state index contributed by atoms with van der Waals surface area (Å²) in [6.45, 7) is 0. The molecule has 42 heavy (non-hydrogen) atoms. The van der Waals surface area contributed by atoms with Crippen LogP contribution in [0.4, 0.5) is 0 Å². The van der Waals surface area contributed by atoms with E-state index < -0.39 is 0 Å². The molecule has 0 fully saturated rings. The molecule has 0 unspecified atom stereocenters. The first-order chi connectivity index (χ1) is 20.7. The topological polar surface area (TPSA) is 94.7 Å². The second-order valence-electron chi connectivity index (χ2n) is 9.35. The molecule has 0 spiro atoms. The summed E-state index contributed by atoms with van der Waals surface area (Å²) >= 11 is 1.45. The number of pyridine rings is 1. The highest BCUT2D eigenvalue weighted by Gasteiger charge is 2.21. The summed E-state index contributed by atoms with van der Waals surface area (Å²) < 4.78 is 12.9. The lowest BCUT2D eigenvalue weighted by Gasteiger charge is -2.14. The third-order valence-corrected chi connectivity index (χ3v) is 7.80. The predicted molar refractivity (Wildman–Crippen MR) is 166 cm³/mol. The lowest BCUT2D eigenvalue weighted by atomic mass is 10.0. The standard InChI is InChI=1S/C33H27N5O3S/c1-40-25-15-13-23(14-16-25)30-20-28(27-19-26(41-2)17-18-29(27)34-30)32-35-36-33(38(32)24-11-7-4-8-12-24)42-21-31(37-39)22-9-5-3-6-10-22/h3-20,39H,21H2,1-2H3/b37-31+. The molecule has 0 aliphatic heterocycles. The Morgan fingerprint density at radius 3 is 2.19 bits per heavy atom. The number of rotatable bonds is 9. The van der Waals surface area contributed by atoms with Crippen molar-refractivity contribution < 1.29 is 14.7 Å². The molecule has 2 heterocycles. The van der Waals surface area contributed by atoms with Crippen molar-refractivity contribution in [2.24, 2.45) is 5.16 Å². The molecule has 0 radical (unpaired) electrons. The van der Waals surface area contributed by atoms with Gasteiger partial charge in [-0.25, -0.2) is 4.98 Å². The molecular weight excluding hydrogens is 546 g/mol. The predicted octanol–water partition coefficient (Wildman–Crippen LogP) is 7.14. The highest BCUT2D eigenvalue weighted by Crippen LogP contribution is 2.36. The first-order valence-corrected chi connectivity index (χ1v) is 14.2. The van der Waals surface area contributed by atoms with E-state index in [-0.39, 0.29) is 0 Å². The van der Waals surface area contributed by atoms with E-state index in [0.717, 1.165) is 50.5 Å². The van der Waals surface area contributed by atoms with Crippen molar-refractivity contribution in [2.75, 3.05) is 20.0 Å². The van der Waals surface area contributed by atoms with Crippen LogP contribution in [-0.4, -0.2) is 50.6 Å². The van der Waals surface area contributed by atoms with Crippen LogP contribution in [0.1, 0.15) is 5.56 Å². The molecule has 6 rings (SSSR count). The molecule has 0 atom stereocenters. The van der Waals surface area contributed by atoms with E-state index in [1.807, 2.05) is 114 Å². The molecular formula is C33H27N5O3S. The zero-order valence-corrected chi connectivity index (χ0v) is 23.8. The fourth-order valence-electron chi connectivity index (χ4n) is 4.71. The van der Waals surface area contributed by atoms with E-state index in [1.165, 1.54) is 11.8 Å². The SMILES string of the molecule is COc1ccc(-c2cc(-c3nnc(SC/C(=N\O)c4ccccc4)n3-c3ccccc3)c3cc(OC)ccc3n2)cc1. The van der Waals surface area contributed by atoms with Crippen LogP contribution in [0.25, 0.3) is 39.2 Å². The van der Waals surface area contributed by atoms with Gasteiger partial charge in [-0.3, -0.25) is 4.57 Å². The zero-order valence-electron chi connectivity index (χ0n) is 23.0. The maximum absolute atomic E-state index is 9.77. The minimum atomic E-state index is 0.396. The van der Waals surface area contributed by atoms with Gasteiger partial charge in [0.05, 0.1) is 31.1 Å². The number of methoxy groups -OCH3 is 2. The minimum Gasteiger partial charge on any atom is -0.497 e. The average Bonchev–Trinajstić information content (AvgIpc) is 3.49. The van der Waals surface area contributed by atoms with Gasteiger partial charge >= 0.3 is 0 Å². The summed E-state index contributed by atoms with van der Waals surface area (Å²) in [5.41, 5.74) is 5.69. The molecule has 208 valence electrons. The molecule has 0 saturated carbocycles.